The van der Waals surface area contributed by atoms with Gasteiger partial charge in [0, 0.05) is 6.54 Å². The molecule has 7 heteroatoms. The number of benzene rings is 1. The van der Waals surface area contributed by atoms with Gasteiger partial charge in [-0.25, -0.2) is 4.79 Å². The summed E-state index contributed by atoms with van der Waals surface area (Å²) in [5.41, 5.74) is 5.93. The van der Waals surface area contributed by atoms with E-state index in [1.165, 1.54) is 12.1 Å². The average molecular weight is 334 g/mol. The third-order valence-electron chi connectivity index (χ3n) is 3.39. The first kappa shape index (κ1) is 18.1. The summed E-state index contributed by atoms with van der Waals surface area (Å²) in [7, 11) is 0. The molecule has 2 amide bonds. The summed E-state index contributed by atoms with van der Waals surface area (Å²) in [6.45, 7) is 6.33. The van der Waals surface area contributed by atoms with Gasteiger partial charge in [0.1, 0.15) is 5.60 Å². The average Bonchev–Trinajstić information content (AvgIpc) is 2.77. The fraction of sp³-hybridized carbons (Fsp3) is 0.471. The lowest BCUT2D eigenvalue weighted by atomic mass is 9.94. The lowest BCUT2D eigenvalue weighted by Gasteiger charge is -2.21. The zero-order valence-corrected chi connectivity index (χ0v) is 14.1. The van der Waals surface area contributed by atoms with Crippen molar-refractivity contribution in [2.45, 2.75) is 32.8 Å². The number of amides is 2. The van der Waals surface area contributed by atoms with E-state index in [1.807, 2.05) is 0 Å². The van der Waals surface area contributed by atoms with Crippen LogP contribution >= 0.6 is 0 Å². The van der Waals surface area contributed by atoms with Crippen molar-refractivity contribution >= 4 is 17.8 Å². The van der Waals surface area contributed by atoms with Gasteiger partial charge in [-0.2, -0.15) is 0 Å². The standard InChI is InChI=1S/C17H22N2O5/c1-17(2,3)24-16(22)11-4-5-12-13(15(21)19-14(12)20)10(11)6-8-23-9-7-18/h4-5H,6-9,18H2,1-3H3,(H,19,20,21). The van der Waals surface area contributed by atoms with Crippen molar-refractivity contribution in [2.24, 2.45) is 5.73 Å². The zero-order valence-electron chi connectivity index (χ0n) is 14.1. The van der Waals surface area contributed by atoms with Crippen LogP contribution in [-0.2, 0) is 15.9 Å². The molecule has 0 atom stereocenters. The molecule has 0 unspecified atom stereocenters. The minimum absolute atomic E-state index is 0.222. The largest absolute Gasteiger partial charge is 0.456 e. The second-order valence-electron chi connectivity index (χ2n) is 6.45. The Labute approximate surface area is 140 Å². The van der Waals surface area contributed by atoms with Crippen LogP contribution in [0.15, 0.2) is 12.1 Å². The Morgan fingerprint density at radius 1 is 1.17 bits per heavy atom. The smallest absolute Gasteiger partial charge is 0.338 e. The van der Waals surface area contributed by atoms with Crippen molar-refractivity contribution in [1.82, 2.24) is 5.32 Å². The highest BCUT2D eigenvalue weighted by molar-refractivity contribution is 6.23. The lowest BCUT2D eigenvalue weighted by Crippen LogP contribution is -2.25. The summed E-state index contributed by atoms with van der Waals surface area (Å²) in [5, 5.41) is 2.25. The van der Waals surface area contributed by atoms with E-state index in [9.17, 15) is 14.4 Å². The van der Waals surface area contributed by atoms with Crippen molar-refractivity contribution < 1.29 is 23.9 Å². The highest BCUT2D eigenvalue weighted by atomic mass is 16.6. The van der Waals surface area contributed by atoms with Crippen LogP contribution in [0.2, 0.25) is 0 Å². The van der Waals surface area contributed by atoms with Crippen LogP contribution in [0, 0.1) is 0 Å². The number of carbonyl (C=O) groups excluding carboxylic acids is 3. The maximum Gasteiger partial charge on any atom is 0.338 e. The van der Waals surface area contributed by atoms with E-state index in [4.69, 9.17) is 15.2 Å². The molecular formula is C17H22N2O5. The van der Waals surface area contributed by atoms with E-state index in [0.717, 1.165) is 0 Å². The molecule has 0 saturated carbocycles. The molecule has 7 nitrogen and oxygen atoms in total. The Hall–Kier alpha value is -2.25. The molecule has 24 heavy (non-hydrogen) atoms. The first-order valence-electron chi connectivity index (χ1n) is 7.77. The fourth-order valence-electron chi connectivity index (χ4n) is 2.47. The van der Waals surface area contributed by atoms with Crippen molar-refractivity contribution in [2.75, 3.05) is 19.8 Å². The SMILES string of the molecule is CC(C)(C)OC(=O)c1ccc2c(c1CCOCCN)C(=O)NC2=O. The van der Waals surface area contributed by atoms with Gasteiger partial charge in [-0.05, 0) is 44.9 Å². The van der Waals surface area contributed by atoms with E-state index in [-0.39, 0.29) is 23.3 Å². The summed E-state index contributed by atoms with van der Waals surface area (Å²) in [6.07, 6.45) is 0.304. The van der Waals surface area contributed by atoms with Crippen LogP contribution in [-0.4, -0.2) is 43.1 Å². The molecule has 0 aliphatic carbocycles. The zero-order chi connectivity index (χ0) is 17.9. The van der Waals surface area contributed by atoms with Crippen LogP contribution in [0.3, 0.4) is 0 Å². The topological polar surface area (TPSA) is 108 Å². The van der Waals surface area contributed by atoms with Gasteiger partial charge in [0.05, 0.1) is 29.9 Å². The molecule has 130 valence electrons. The second kappa shape index (κ2) is 7.11. The summed E-state index contributed by atoms with van der Waals surface area (Å²) in [5.74, 6) is -1.50. The quantitative estimate of drug-likeness (QED) is 0.457. The molecule has 0 fully saturated rings. The number of nitrogens with two attached hydrogens (primary N) is 1. The molecule has 1 heterocycles. The Morgan fingerprint density at radius 3 is 2.50 bits per heavy atom. The first-order valence-corrected chi connectivity index (χ1v) is 7.77. The molecule has 1 aromatic carbocycles. The van der Waals surface area contributed by atoms with Gasteiger partial charge in [0.15, 0.2) is 0 Å². The van der Waals surface area contributed by atoms with Crippen LogP contribution in [0.25, 0.3) is 0 Å². The number of fused-ring (bicyclic) bond motifs is 1. The van der Waals surface area contributed by atoms with Crippen molar-refractivity contribution in [3.05, 3.63) is 34.4 Å². The summed E-state index contributed by atoms with van der Waals surface area (Å²) in [4.78, 5) is 36.4. The monoisotopic (exact) mass is 334 g/mol. The summed E-state index contributed by atoms with van der Waals surface area (Å²) < 4.78 is 10.7. The van der Waals surface area contributed by atoms with E-state index < -0.39 is 23.4 Å². The first-order chi connectivity index (χ1) is 11.2. The lowest BCUT2D eigenvalue weighted by molar-refractivity contribution is 0.00677. The molecule has 0 bridgehead atoms. The molecule has 0 aromatic heterocycles. The minimum atomic E-state index is -0.665. The van der Waals surface area contributed by atoms with Crippen molar-refractivity contribution in [3.8, 4) is 0 Å². The number of rotatable bonds is 6. The van der Waals surface area contributed by atoms with Crippen LogP contribution in [0.5, 0.6) is 0 Å². The van der Waals surface area contributed by atoms with E-state index in [2.05, 4.69) is 5.32 Å². The molecular weight excluding hydrogens is 312 g/mol. The number of esters is 1. The highest BCUT2D eigenvalue weighted by Gasteiger charge is 2.33. The van der Waals surface area contributed by atoms with Crippen molar-refractivity contribution in [3.63, 3.8) is 0 Å². The van der Waals surface area contributed by atoms with Crippen molar-refractivity contribution in [1.29, 1.82) is 0 Å². The van der Waals surface area contributed by atoms with Gasteiger partial charge in [0.25, 0.3) is 11.8 Å². The van der Waals surface area contributed by atoms with E-state index in [0.29, 0.717) is 25.1 Å². The summed E-state index contributed by atoms with van der Waals surface area (Å²) in [6, 6.07) is 2.99. The molecule has 0 saturated heterocycles. The number of hydrogen-bond acceptors (Lipinski definition) is 6. The van der Waals surface area contributed by atoms with Crippen LogP contribution in [0.1, 0.15) is 57.4 Å². The highest BCUT2D eigenvalue weighted by Crippen LogP contribution is 2.26. The minimum Gasteiger partial charge on any atom is -0.456 e. The predicted octanol–water partition coefficient (Wildman–Crippen LogP) is 1.04. The maximum atomic E-state index is 12.5. The van der Waals surface area contributed by atoms with Gasteiger partial charge in [-0.15, -0.1) is 0 Å². The van der Waals surface area contributed by atoms with E-state index >= 15 is 0 Å². The molecule has 0 radical (unpaired) electrons. The van der Waals surface area contributed by atoms with Crippen LogP contribution < -0.4 is 11.1 Å². The Kier molecular flexibility index (Phi) is 5.36. The number of imide groups is 1. The Balaban J connectivity index is 2.39. The molecule has 1 aliphatic rings. The molecule has 3 N–H and O–H groups in total. The molecule has 0 spiro atoms. The normalized spacial score (nSPS) is 13.7. The van der Waals surface area contributed by atoms with Crippen LogP contribution in [0.4, 0.5) is 0 Å². The Bertz CT molecular complexity index is 676. The van der Waals surface area contributed by atoms with Gasteiger partial charge in [-0.3, -0.25) is 14.9 Å². The third kappa shape index (κ3) is 3.98. The van der Waals surface area contributed by atoms with E-state index in [1.54, 1.807) is 20.8 Å². The molecule has 2 rings (SSSR count). The predicted molar refractivity (Wildman–Crippen MR) is 87.0 cm³/mol. The van der Waals surface area contributed by atoms with Gasteiger partial charge < -0.3 is 15.2 Å². The summed E-state index contributed by atoms with van der Waals surface area (Å²) >= 11 is 0. The number of carbonyl (C=O) groups is 3. The second-order valence-corrected chi connectivity index (χ2v) is 6.45. The third-order valence-corrected chi connectivity index (χ3v) is 3.39. The number of hydrogen-bond donors (Lipinski definition) is 2. The fourth-order valence-corrected chi connectivity index (χ4v) is 2.47. The van der Waals surface area contributed by atoms with Gasteiger partial charge in [-0.1, -0.05) is 0 Å². The molecule has 1 aromatic rings. The number of nitrogens with one attached hydrogen (secondary N) is 1. The maximum absolute atomic E-state index is 12.5. The number of ether oxygens (including phenoxy) is 2. The van der Waals surface area contributed by atoms with Gasteiger partial charge in [0.2, 0.25) is 0 Å². The molecule has 1 aliphatic heterocycles. The Morgan fingerprint density at radius 2 is 1.88 bits per heavy atom. The van der Waals surface area contributed by atoms with Gasteiger partial charge >= 0.3 is 5.97 Å².